The van der Waals surface area contributed by atoms with E-state index in [-0.39, 0.29) is 6.03 Å². The topological polar surface area (TPSA) is 63.5 Å². The zero-order valence-corrected chi connectivity index (χ0v) is 11.7. The van der Waals surface area contributed by atoms with E-state index in [1.807, 2.05) is 24.3 Å². The van der Waals surface area contributed by atoms with Gasteiger partial charge in [0.05, 0.1) is 19.4 Å². The molecule has 2 aromatic rings. The Labute approximate surface area is 123 Å². The first-order valence-corrected chi connectivity index (χ1v) is 7.06. The molecular formula is C16H18N2O3. The summed E-state index contributed by atoms with van der Waals surface area (Å²) in [7, 11) is 0. The molecule has 0 fully saturated rings. The summed E-state index contributed by atoms with van der Waals surface area (Å²) in [6, 6.07) is 11.5. The first-order valence-electron chi connectivity index (χ1n) is 7.06. The SMILES string of the molecule is O=C(NCc1ccco1)NCC1COc2ccccc2C1. The molecule has 21 heavy (non-hydrogen) atoms. The van der Waals surface area contributed by atoms with E-state index in [4.69, 9.17) is 9.15 Å². The van der Waals surface area contributed by atoms with E-state index in [9.17, 15) is 4.79 Å². The molecular weight excluding hydrogens is 268 g/mol. The van der Waals surface area contributed by atoms with Gasteiger partial charge in [0, 0.05) is 12.5 Å². The van der Waals surface area contributed by atoms with Crippen molar-refractivity contribution < 1.29 is 13.9 Å². The molecule has 0 radical (unpaired) electrons. The van der Waals surface area contributed by atoms with Gasteiger partial charge in [-0.25, -0.2) is 4.79 Å². The summed E-state index contributed by atoms with van der Waals surface area (Å²) >= 11 is 0. The van der Waals surface area contributed by atoms with Gasteiger partial charge in [-0.3, -0.25) is 0 Å². The fourth-order valence-electron chi connectivity index (χ4n) is 2.40. The van der Waals surface area contributed by atoms with Gasteiger partial charge >= 0.3 is 6.03 Å². The number of rotatable bonds is 4. The number of ether oxygens (including phenoxy) is 1. The number of hydrogen-bond acceptors (Lipinski definition) is 3. The van der Waals surface area contributed by atoms with Crippen LogP contribution in [0.2, 0.25) is 0 Å². The van der Waals surface area contributed by atoms with Crippen molar-refractivity contribution in [2.24, 2.45) is 5.92 Å². The van der Waals surface area contributed by atoms with Crippen molar-refractivity contribution >= 4 is 6.03 Å². The van der Waals surface area contributed by atoms with E-state index < -0.39 is 0 Å². The minimum atomic E-state index is -0.190. The van der Waals surface area contributed by atoms with Gasteiger partial charge in [-0.2, -0.15) is 0 Å². The lowest BCUT2D eigenvalue weighted by molar-refractivity contribution is 0.211. The lowest BCUT2D eigenvalue weighted by Gasteiger charge is -2.25. The predicted octanol–water partition coefficient (Wildman–Crippen LogP) is 2.33. The van der Waals surface area contributed by atoms with Crippen molar-refractivity contribution in [1.82, 2.24) is 10.6 Å². The van der Waals surface area contributed by atoms with Crippen LogP contribution in [0.3, 0.4) is 0 Å². The summed E-state index contributed by atoms with van der Waals surface area (Å²) in [6.07, 6.45) is 2.51. The monoisotopic (exact) mass is 286 g/mol. The Hall–Kier alpha value is -2.43. The Bertz CT molecular complexity index is 595. The lowest BCUT2D eigenvalue weighted by atomic mass is 9.97. The van der Waals surface area contributed by atoms with E-state index in [0.29, 0.717) is 25.6 Å². The summed E-state index contributed by atoms with van der Waals surface area (Å²) in [5.74, 6) is 1.99. The standard InChI is InChI=1S/C16H18N2O3/c19-16(18-10-14-5-3-7-20-14)17-9-12-8-13-4-1-2-6-15(13)21-11-12/h1-7,12H,8-11H2,(H2,17,18,19). The minimum absolute atomic E-state index is 0.190. The van der Waals surface area contributed by atoms with Gasteiger partial charge < -0.3 is 19.8 Å². The zero-order valence-electron chi connectivity index (χ0n) is 11.7. The van der Waals surface area contributed by atoms with Crippen LogP contribution in [-0.2, 0) is 13.0 Å². The van der Waals surface area contributed by atoms with E-state index in [1.54, 1.807) is 12.3 Å². The molecule has 1 aromatic heterocycles. The van der Waals surface area contributed by atoms with Crippen molar-refractivity contribution in [3.8, 4) is 5.75 Å². The zero-order chi connectivity index (χ0) is 14.5. The molecule has 1 aromatic carbocycles. The molecule has 110 valence electrons. The fourth-order valence-corrected chi connectivity index (χ4v) is 2.40. The Morgan fingerprint density at radius 3 is 2.95 bits per heavy atom. The van der Waals surface area contributed by atoms with Crippen molar-refractivity contribution in [3.63, 3.8) is 0 Å². The Kier molecular flexibility index (Phi) is 4.09. The number of hydrogen-bond donors (Lipinski definition) is 2. The molecule has 1 aliphatic heterocycles. The smallest absolute Gasteiger partial charge is 0.315 e. The van der Waals surface area contributed by atoms with Gasteiger partial charge in [0.25, 0.3) is 0 Å². The van der Waals surface area contributed by atoms with Crippen molar-refractivity contribution in [2.45, 2.75) is 13.0 Å². The molecule has 0 spiro atoms. The summed E-state index contributed by atoms with van der Waals surface area (Å²) in [4.78, 5) is 11.7. The largest absolute Gasteiger partial charge is 0.493 e. The number of benzene rings is 1. The van der Waals surface area contributed by atoms with Crippen LogP contribution >= 0.6 is 0 Å². The third kappa shape index (κ3) is 3.56. The van der Waals surface area contributed by atoms with E-state index in [2.05, 4.69) is 16.7 Å². The maximum Gasteiger partial charge on any atom is 0.315 e. The van der Waals surface area contributed by atoms with Gasteiger partial charge in [0.1, 0.15) is 11.5 Å². The average molecular weight is 286 g/mol. The second kappa shape index (κ2) is 6.35. The molecule has 5 heteroatoms. The number of para-hydroxylation sites is 1. The van der Waals surface area contributed by atoms with Gasteiger partial charge in [-0.05, 0) is 30.2 Å². The van der Waals surface area contributed by atoms with Crippen molar-refractivity contribution in [1.29, 1.82) is 0 Å². The average Bonchev–Trinajstić information content (AvgIpc) is 3.04. The fraction of sp³-hybridized carbons (Fsp3) is 0.312. The molecule has 2 amide bonds. The van der Waals surface area contributed by atoms with Crippen LogP contribution in [0.1, 0.15) is 11.3 Å². The van der Waals surface area contributed by atoms with Crippen LogP contribution < -0.4 is 15.4 Å². The van der Waals surface area contributed by atoms with Crippen LogP contribution in [0.4, 0.5) is 4.79 Å². The maximum atomic E-state index is 11.7. The van der Waals surface area contributed by atoms with Crippen LogP contribution in [0.25, 0.3) is 0 Å². The number of urea groups is 1. The summed E-state index contributed by atoms with van der Waals surface area (Å²) in [6.45, 7) is 1.62. The molecule has 1 atom stereocenters. The Morgan fingerprint density at radius 1 is 1.19 bits per heavy atom. The summed E-state index contributed by atoms with van der Waals surface area (Å²) in [5.41, 5.74) is 1.20. The first kappa shape index (κ1) is 13.5. The molecule has 0 bridgehead atoms. The van der Waals surface area contributed by atoms with Gasteiger partial charge in [-0.1, -0.05) is 18.2 Å². The molecule has 1 unspecified atom stereocenters. The Morgan fingerprint density at radius 2 is 2.10 bits per heavy atom. The third-order valence-corrected chi connectivity index (χ3v) is 3.51. The number of carbonyl (C=O) groups excluding carboxylic acids is 1. The highest BCUT2D eigenvalue weighted by Gasteiger charge is 2.19. The highest BCUT2D eigenvalue weighted by atomic mass is 16.5. The second-order valence-corrected chi connectivity index (χ2v) is 5.13. The van der Waals surface area contributed by atoms with Crippen LogP contribution in [-0.4, -0.2) is 19.2 Å². The quantitative estimate of drug-likeness (QED) is 0.906. The molecule has 3 rings (SSSR count). The van der Waals surface area contributed by atoms with Crippen molar-refractivity contribution in [3.05, 3.63) is 54.0 Å². The molecule has 2 N–H and O–H groups in total. The number of amides is 2. The third-order valence-electron chi connectivity index (χ3n) is 3.51. The van der Waals surface area contributed by atoms with Crippen molar-refractivity contribution in [2.75, 3.05) is 13.2 Å². The number of fused-ring (bicyclic) bond motifs is 1. The summed E-state index contributed by atoms with van der Waals surface area (Å²) in [5, 5.41) is 5.63. The van der Waals surface area contributed by atoms with Crippen LogP contribution in [0.5, 0.6) is 5.75 Å². The van der Waals surface area contributed by atoms with Gasteiger partial charge in [0.15, 0.2) is 0 Å². The molecule has 5 nitrogen and oxygen atoms in total. The normalized spacial score (nSPS) is 16.7. The molecule has 1 aliphatic rings. The maximum absolute atomic E-state index is 11.7. The number of furan rings is 1. The lowest BCUT2D eigenvalue weighted by Crippen LogP contribution is -2.40. The number of carbonyl (C=O) groups is 1. The highest BCUT2D eigenvalue weighted by molar-refractivity contribution is 5.73. The predicted molar refractivity (Wildman–Crippen MR) is 78.1 cm³/mol. The minimum Gasteiger partial charge on any atom is -0.493 e. The van der Waals surface area contributed by atoms with Gasteiger partial charge in [0.2, 0.25) is 0 Å². The molecule has 2 heterocycles. The molecule has 0 saturated carbocycles. The second-order valence-electron chi connectivity index (χ2n) is 5.13. The molecule has 0 aliphatic carbocycles. The van der Waals surface area contributed by atoms with E-state index >= 15 is 0 Å². The van der Waals surface area contributed by atoms with Crippen LogP contribution in [0.15, 0.2) is 47.1 Å². The van der Waals surface area contributed by atoms with E-state index in [0.717, 1.165) is 17.9 Å². The number of nitrogens with one attached hydrogen (secondary N) is 2. The van der Waals surface area contributed by atoms with E-state index in [1.165, 1.54) is 5.56 Å². The Balaban J connectivity index is 1.42. The first-order chi connectivity index (χ1) is 10.3. The van der Waals surface area contributed by atoms with Gasteiger partial charge in [-0.15, -0.1) is 0 Å². The molecule has 0 saturated heterocycles. The van der Waals surface area contributed by atoms with Crippen LogP contribution in [0, 0.1) is 5.92 Å². The summed E-state index contributed by atoms with van der Waals surface area (Å²) < 4.78 is 10.9. The highest BCUT2D eigenvalue weighted by Crippen LogP contribution is 2.26.